The van der Waals surface area contributed by atoms with E-state index in [4.69, 9.17) is 0 Å². The van der Waals surface area contributed by atoms with Gasteiger partial charge in [-0.05, 0) is 18.1 Å². The molecule has 0 saturated carbocycles. The summed E-state index contributed by atoms with van der Waals surface area (Å²) in [4.78, 5) is 16.9. The van der Waals surface area contributed by atoms with Crippen molar-refractivity contribution >= 4 is 5.78 Å². The number of aryl methyl sites for hydroxylation is 1. The van der Waals surface area contributed by atoms with Gasteiger partial charge in [-0.25, -0.2) is 4.98 Å². The van der Waals surface area contributed by atoms with Crippen LogP contribution in [0.2, 0.25) is 0 Å². The molecule has 1 aliphatic heterocycles. The van der Waals surface area contributed by atoms with E-state index < -0.39 is 0 Å². The zero-order valence-electron chi connectivity index (χ0n) is 11.0. The summed E-state index contributed by atoms with van der Waals surface area (Å²) >= 11 is 0. The second kappa shape index (κ2) is 4.97. The predicted molar refractivity (Wildman–Crippen MR) is 73.1 cm³/mol. The molecule has 1 unspecified atom stereocenters. The zero-order chi connectivity index (χ0) is 13.2. The van der Waals surface area contributed by atoms with Crippen molar-refractivity contribution in [1.82, 2.24) is 14.9 Å². The molecule has 0 saturated heterocycles. The van der Waals surface area contributed by atoms with Crippen LogP contribution in [-0.2, 0) is 13.1 Å². The molecule has 19 heavy (non-hydrogen) atoms. The molecule has 1 aliphatic rings. The zero-order valence-corrected chi connectivity index (χ0v) is 11.0. The third-order valence-corrected chi connectivity index (χ3v) is 3.69. The number of hydrogen-bond donors (Lipinski definition) is 1. The average molecular weight is 255 g/mol. The number of carbonyl (C=O) groups is 1. The van der Waals surface area contributed by atoms with Crippen LogP contribution in [0.4, 0.5) is 0 Å². The maximum Gasteiger partial charge on any atom is 0.206 e. The summed E-state index contributed by atoms with van der Waals surface area (Å²) in [5.74, 6) is 0.537. The van der Waals surface area contributed by atoms with Gasteiger partial charge in [-0.2, -0.15) is 0 Å². The fourth-order valence-electron chi connectivity index (χ4n) is 2.68. The minimum Gasteiger partial charge on any atom is -0.329 e. The number of nitrogens with zero attached hydrogens (tertiary/aromatic N) is 2. The first-order chi connectivity index (χ1) is 9.31. The Bertz CT molecular complexity index is 603. The van der Waals surface area contributed by atoms with Gasteiger partial charge in [0, 0.05) is 32.0 Å². The van der Waals surface area contributed by atoms with E-state index in [2.05, 4.69) is 22.4 Å². The lowest BCUT2D eigenvalue weighted by Gasteiger charge is -2.25. The number of fused-ring (bicyclic) bond motifs is 1. The van der Waals surface area contributed by atoms with Crippen LogP contribution >= 0.6 is 0 Å². The molecule has 0 bridgehead atoms. The van der Waals surface area contributed by atoms with Crippen molar-refractivity contribution in [3.8, 4) is 0 Å². The van der Waals surface area contributed by atoms with E-state index in [9.17, 15) is 4.79 Å². The molecule has 0 aliphatic carbocycles. The number of imidazole rings is 1. The molecule has 0 spiro atoms. The Kier molecular flexibility index (Phi) is 3.17. The lowest BCUT2D eigenvalue weighted by Crippen LogP contribution is -2.33. The van der Waals surface area contributed by atoms with Crippen molar-refractivity contribution < 1.29 is 4.79 Å². The standard InChI is InChI=1S/C15H17N3O/c1-2-18-8-7-17-15(18)14(19)13-10-16-9-11-5-3-4-6-12(11)13/h3-8,13,16H,2,9-10H2,1H3. The second-order valence-corrected chi connectivity index (χ2v) is 4.78. The molecule has 0 amide bonds. The Labute approximate surface area is 112 Å². The highest BCUT2D eigenvalue weighted by atomic mass is 16.1. The Hall–Kier alpha value is -1.94. The van der Waals surface area contributed by atoms with Gasteiger partial charge in [0.1, 0.15) is 0 Å². The third-order valence-electron chi connectivity index (χ3n) is 3.69. The number of ketones is 1. The maximum atomic E-state index is 12.7. The molecule has 4 heteroatoms. The van der Waals surface area contributed by atoms with Crippen molar-refractivity contribution in [3.05, 3.63) is 53.6 Å². The quantitative estimate of drug-likeness (QED) is 0.853. The van der Waals surface area contributed by atoms with Gasteiger partial charge in [0.2, 0.25) is 5.78 Å². The molecule has 2 aromatic rings. The lowest BCUT2D eigenvalue weighted by molar-refractivity contribution is 0.0940. The molecule has 1 aromatic carbocycles. The fourth-order valence-corrected chi connectivity index (χ4v) is 2.68. The van der Waals surface area contributed by atoms with Crippen LogP contribution in [0.25, 0.3) is 0 Å². The molecule has 0 fully saturated rings. The van der Waals surface area contributed by atoms with E-state index in [1.165, 1.54) is 5.56 Å². The van der Waals surface area contributed by atoms with Gasteiger partial charge in [0.05, 0.1) is 5.92 Å². The smallest absolute Gasteiger partial charge is 0.206 e. The molecule has 3 rings (SSSR count). The van der Waals surface area contributed by atoms with Gasteiger partial charge in [0.15, 0.2) is 5.82 Å². The molecule has 2 heterocycles. The summed E-state index contributed by atoms with van der Waals surface area (Å²) in [6.07, 6.45) is 3.55. The van der Waals surface area contributed by atoms with E-state index >= 15 is 0 Å². The van der Waals surface area contributed by atoms with Crippen molar-refractivity contribution in [3.63, 3.8) is 0 Å². The summed E-state index contributed by atoms with van der Waals surface area (Å²) in [5, 5.41) is 3.31. The number of carbonyl (C=O) groups excluding carboxylic acids is 1. The number of aromatic nitrogens is 2. The van der Waals surface area contributed by atoms with Crippen LogP contribution in [0.1, 0.15) is 34.6 Å². The monoisotopic (exact) mass is 255 g/mol. The second-order valence-electron chi connectivity index (χ2n) is 4.78. The van der Waals surface area contributed by atoms with Crippen LogP contribution < -0.4 is 5.32 Å². The van der Waals surface area contributed by atoms with E-state index in [-0.39, 0.29) is 11.7 Å². The number of benzene rings is 1. The molecule has 0 radical (unpaired) electrons. The number of hydrogen-bond acceptors (Lipinski definition) is 3. The lowest BCUT2D eigenvalue weighted by atomic mass is 9.87. The van der Waals surface area contributed by atoms with Gasteiger partial charge >= 0.3 is 0 Å². The van der Waals surface area contributed by atoms with Crippen LogP contribution in [-0.4, -0.2) is 21.9 Å². The highest BCUT2D eigenvalue weighted by molar-refractivity contribution is 5.98. The van der Waals surface area contributed by atoms with E-state index in [1.807, 2.05) is 29.8 Å². The van der Waals surface area contributed by atoms with E-state index in [0.717, 1.165) is 18.7 Å². The highest BCUT2D eigenvalue weighted by Gasteiger charge is 2.29. The van der Waals surface area contributed by atoms with E-state index in [1.54, 1.807) is 6.20 Å². The molecule has 1 aromatic heterocycles. The summed E-state index contributed by atoms with van der Waals surface area (Å²) < 4.78 is 1.90. The molecular formula is C15H17N3O. The predicted octanol–water partition coefficient (Wildman–Crippen LogP) is 1.97. The van der Waals surface area contributed by atoms with Crippen LogP contribution in [0.5, 0.6) is 0 Å². The average Bonchev–Trinajstić information content (AvgIpc) is 2.94. The Morgan fingerprint density at radius 1 is 1.47 bits per heavy atom. The van der Waals surface area contributed by atoms with Crippen molar-refractivity contribution in [1.29, 1.82) is 0 Å². The minimum absolute atomic E-state index is 0.103. The number of nitrogens with one attached hydrogen (secondary N) is 1. The summed E-state index contributed by atoms with van der Waals surface area (Å²) in [6, 6.07) is 8.14. The number of Topliss-reactive ketones (excluding diaryl/α,β-unsaturated/α-hetero) is 1. The number of rotatable bonds is 3. The SMILES string of the molecule is CCn1ccnc1C(=O)C1CNCc2ccccc21. The topological polar surface area (TPSA) is 46.9 Å². The normalized spacial score (nSPS) is 18.1. The minimum atomic E-state index is -0.127. The van der Waals surface area contributed by atoms with Gasteiger partial charge < -0.3 is 9.88 Å². The van der Waals surface area contributed by atoms with Crippen molar-refractivity contribution in [2.24, 2.45) is 0 Å². The van der Waals surface area contributed by atoms with Crippen molar-refractivity contribution in [2.75, 3.05) is 6.54 Å². The van der Waals surface area contributed by atoms with Crippen molar-refractivity contribution in [2.45, 2.75) is 25.9 Å². The van der Waals surface area contributed by atoms with Gasteiger partial charge in [0.25, 0.3) is 0 Å². The Morgan fingerprint density at radius 3 is 3.16 bits per heavy atom. The molecule has 1 atom stereocenters. The van der Waals surface area contributed by atoms with Crippen LogP contribution in [0.3, 0.4) is 0 Å². The largest absolute Gasteiger partial charge is 0.329 e. The fraction of sp³-hybridized carbons (Fsp3) is 0.333. The first kappa shape index (κ1) is 12.1. The Balaban J connectivity index is 1.98. The molecular weight excluding hydrogens is 238 g/mol. The highest BCUT2D eigenvalue weighted by Crippen LogP contribution is 2.26. The Morgan fingerprint density at radius 2 is 2.32 bits per heavy atom. The molecule has 1 N–H and O–H groups in total. The van der Waals surface area contributed by atoms with Crippen LogP contribution in [0, 0.1) is 0 Å². The van der Waals surface area contributed by atoms with Gasteiger partial charge in [-0.3, -0.25) is 4.79 Å². The first-order valence-corrected chi connectivity index (χ1v) is 6.65. The first-order valence-electron chi connectivity index (χ1n) is 6.65. The molecule has 98 valence electrons. The van der Waals surface area contributed by atoms with Gasteiger partial charge in [-0.1, -0.05) is 24.3 Å². The summed E-state index contributed by atoms with van der Waals surface area (Å²) in [5.41, 5.74) is 2.35. The maximum absolute atomic E-state index is 12.7. The van der Waals surface area contributed by atoms with Crippen LogP contribution in [0.15, 0.2) is 36.7 Å². The van der Waals surface area contributed by atoms with Gasteiger partial charge in [-0.15, -0.1) is 0 Å². The third kappa shape index (κ3) is 2.08. The summed E-state index contributed by atoms with van der Waals surface area (Å²) in [6.45, 7) is 4.31. The summed E-state index contributed by atoms with van der Waals surface area (Å²) in [7, 11) is 0. The molecule has 4 nitrogen and oxygen atoms in total. The van der Waals surface area contributed by atoms with E-state index in [0.29, 0.717) is 12.4 Å².